The van der Waals surface area contributed by atoms with E-state index >= 15 is 0 Å². The van der Waals surface area contributed by atoms with Crippen molar-refractivity contribution in [2.75, 3.05) is 34.3 Å². The molecule has 2 aromatic rings. The smallest absolute Gasteiger partial charge is 0.295 e. The summed E-state index contributed by atoms with van der Waals surface area (Å²) in [6.07, 6.45) is 1.60. The van der Waals surface area contributed by atoms with Gasteiger partial charge in [0, 0.05) is 24.8 Å². The van der Waals surface area contributed by atoms with E-state index in [-0.39, 0.29) is 11.3 Å². The SMILES string of the molecule is COc1cccc(/C(O)=C2/C(=O)C(=O)N(CCN(C)C)[C@@H]2c2ccccn2)c1. The van der Waals surface area contributed by atoms with Crippen molar-refractivity contribution < 1.29 is 19.4 Å². The molecule has 1 amide bonds. The number of hydrogen-bond donors (Lipinski definition) is 1. The number of rotatable bonds is 6. The van der Waals surface area contributed by atoms with Crippen LogP contribution in [0.4, 0.5) is 0 Å². The van der Waals surface area contributed by atoms with E-state index in [1.807, 2.05) is 19.0 Å². The Balaban J connectivity index is 2.13. The highest BCUT2D eigenvalue weighted by Crippen LogP contribution is 2.38. The number of pyridine rings is 1. The van der Waals surface area contributed by atoms with Gasteiger partial charge in [0.15, 0.2) is 0 Å². The molecule has 1 aromatic carbocycles. The molecule has 1 fully saturated rings. The van der Waals surface area contributed by atoms with Gasteiger partial charge in [0.25, 0.3) is 11.7 Å². The average molecular weight is 381 g/mol. The van der Waals surface area contributed by atoms with Gasteiger partial charge in [-0.15, -0.1) is 0 Å². The van der Waals surface area contributed by atoms with Gasteiger partial charge in [-0.25, -0.2) is 0 Å². The van der Waals surface area contributed by atoms with E-state index in [0.717, 1.165) is 0 Å². The number of Topliss-reactive ketones (excluding diaryl/α,β-unsaturated/α-hetero) is 1. The maximum atomic E-state index is 12.8. The van der Waals surface area contributed by atoms with Crippen LogP contribution in [0, 0.1) is 0 Å². The summed E-state index contributed by atoms with van der Waals surface area (Å²) in [5.74, 6) is -1.04. The summed E-state index contributed by atoms with van der Waals surface area (Å²) in [4.78, 5) is 33.3. The van der Waals surface area contributed by atoms with Crippen LogP contribution >= 0.6 is 0 Å². The molecule has 7 nitrogen and oxygen atoms in total. The molecule has 1 saturated heterocycles. The zero-order valence-electron chi connectivity index (χ0n) is 16.1. The van der Waals surface area contributed by atoms with E-state index in [2.05, 4.69) is 4.98 Å². The Bertz CT molecular complexity index is 909. The number of likely N-dealkylation sites (N-methyl/N-ethyl adjacent to an activating group) is 1. The van der Waals surface area contributed by atoms with Gasteiger partial charge in [0.1, 0.15) is 17.6 Å². The minimum absolute atomic E-state index is 0.0377. The van der Waals surface area contributed by atoms with Crippen molar-refractivity contribution in [2.45, 2.75) is 6.04 Å². The van der Waals surface area contributed by atoms with E-state index in [4.69, 9.17) is 4.74 Å². The van der Waals surface area contributed by atoms with Crippen molar-refractivity contribution in [1.29, 1.82) is 0 Å². The fourth-order valence-electron chi connectivity index (χ4n) is 3.19. The molecule has 0 spiro atoms. The second-order valence-electron chi connectivity index (χ2n) is 6.78. The first-order chi connectivity index (χ1) is 13.4. The van der Waals surface area contributed by atoms with Gasteiger partial charge in [0.05, 0.1) is 18.4 Å². The lowest BCUT2D eigenvalue weighted by Crippen LogP contribution is -2.35. The molecule has 0 unspecified atom stereocenters. The molecule has 2 heterocycles. The minimum atomic E-state index is -0.743. The molecule has 1 aliphatic heterocycles. The largest absolute Gasteiger partial charge is 0.507 e. The van der Waals surface area contributed by atoms with Crippen LogP contribution in [0.5, 0.6) is 5.75 Å². The lowest BCUT2D eigenvalue weighted by atomic mass is 9.98. The van der Waals surface area contributed by atoms with Crippen molar-refractivity contribution >= 4 is 17.4 Å². The molecular weight excluding hydrogens is 358 g/mol. The number of carbonyl (C=O) groups excluding carboxylic acids is 2. The molecule has 28 heavy (non-hydrogen) atoms. The number of amides is 1. The van der Waals surface area contributed by atoms with Gasteiger partial charge >= 0.3 is 0 Å². The third-order valence-corrected chi connectivity index (χ3v) is 4.64. The monoisotopic (exact) mass is 381 g/mol. The Labute approximate surface area is 163 Å². The Morgan fingerprint density at radius 1 is 1.21 bits per heavy atom. The van der Waals surface area contributed by atoms with Crippen LogP contribution in [0.2, 0.25) is 0 Å². The zero-order chi connectivity index (χ0) is 20.3. The quantitative estimate of drug-likeness (QED) is 0.469. The summed E-state index contributed by atoms with van der Waals surface area (Å²) >= 11 is 0. The van der Waals surface area contributed by atoms with Crippen LogP contribution in [0.3, 0.4) is 0 Å². The number of nitrogens with zero attached hydrogens (tertiary/aromatic N) is 3. The van der Waals surface area contributed by atoms with Crippen LogP contribution in [-0.4, -0.2) is 65.9 Å². The highest BCUT2D eigenvalue weighted by Gasteiger charge is 2.46. The van der Waals surface area contributed by atoms with Crippen molar-refractivity contribution in [3.05, 3.63) is 65.5 Å². The number of aliphatic hydroxyl groups excluding tert-OH is 1. The summed E-state index contributed by atoms with van der Waals surface area (Å²) in [5, 5.41) is 10.9. The van der Waals surface area contributed by atoms with Crippen molar-refractivity contribution in [1.82, 2.24) is 14.8 Å². The maximum absolute atomic E-state index is 12.8. The Morgan fingerprint density at radius 2 is 2.00 bits per heavy atom. The molecule has 1 aliphatic rings. The molecule has 0 aliphatic carbocycles. The summed E-state index contributed by atoms with van der Waals surface area (Å²) in [5.41, 5.74) is 0.978. The summed E-state index contributed by atoms with van der Waals surface area (Å²) in [6.45, 7) is 0.920. The normalized spacial score (nSPS) is 18.7. The van der Waals surface area contributed by atoms with Gasteiger partial charge in [-0.3, -0.25) is 14.6 Å². The van der Waals surface area contributed by atoms with Crippen LogP contribution in [0.1, 0.15) is 17.3 Å². The molecule has 1 N–H and O–H groups in total. The number of benzene rings is 1. The number of likely N-dealkylation sites (tertiary alicyclic amines) is 1. The first kappa shape index (κ1) is 19.6. The van der Waals surface area contributed by atoms with Gasteiger partial charge in [-0.2, -0.15) is 0 Å². The first-order valence-electron chi connectivity index (χ1n) is 8.92. The summed E-state index contributed by atoms with van der Waals surface area (Å²) in [6, 6.07) is 11.3. The van der Waals surface area contributed by atoms with Crippen LogP contribution in [0.15, 0.2) is 54.2 Å². The lowest BCUT2D eigenvalue weighted by Gasteiger charge is -2.25. The third-order valence-electron chi connectivity index (χ3n) is 4.64. The molecule has 7 heteroatoms. The highest BCUT2D eigenvalue weighted by molar-refractivity contribution is 6.46. The number of aliphatic hydroxyl groups is 1. The number of hydrogen-bond acceptors (Lipinski definition) is 6. The fraction of sp³-hybridized carbons (Fsp3) is 0.286. The molecule has 146 valence electrons. The topological polar surface area (TPSA) is 83.0 Å². The first-order valence-corrected chi connectivity index (χ1v) is 8.92. The number of aromatic nitrogens is 1. The Morgan fingerprint density at radius 3 is 2.64 bits per heavy atom. The molecule has 1 aromatic heterocycles. The number of carbonyl (C=O) groups is 2. The number of ketones is 1. The van der Waals surface area contributed by atoms with E-state index in [0.29, 0.717) is 30.1 Å². The summed E-state index contributed by atoms with van der Waals surface area (Å²) in [7, 11) is 5.30. The molecule has 1 atom stereocenters. The van der Waals surface area contributed by atoms with Gasteiger partial charge in [0.2, 0.25) is 0 Å². The maximum Gasteiger partial charge on any atom is 0.295 e. The van der Waals surface area contributed by atoms with Crippen molar-refractivity contribution in [3.8, 4) is 5.75 Å². The van der Waals surface area contributed by atoms with Gasteiger partial charge in [-0.05, 0) is 38.4 Å². The van der Waals surface area contributed by atoms with Crippen LogP contribution in [-0.2, 0) is 9.59 Å². The number of methoxy groups -OCH3 is 1. The average Bonchev–Trinajstić information content (AvgIpc) is 2.97. The van der Waals surface area contributed by atoms with E-state index in [1.54, 1.807) is 48.7 Å². The predicted molar refractivity (Wildman–Crippen MR) is 105 cm³/mol. The van der Waals surface area contributed by atoms with E-state index in [9.17, 15) is 14.7 Å². The lowest BCUT2D eigenvalue weighted by molar-refractivity contribution is -0.140. The third kappa shape index (κ3) is 3.75. The molecule has 0 saturated carbocycles. The second kappa shape index (κ2) is 8.22. The van der Waals surface area contributed by atoms with Crippen LogP contribution in [0.25, 0.3) is 5.76 Å². The molecular formula is C21H23N3O4. The standard InChI is InChI=1S/C21H23N3O4/c1-23(2)11-12-24-18(16-9-4-5-10-22-16)17(20(26)21(24)27)19(25)14-7-6-8-15(13-14)28-3/h4-10,13,18,25H,11-12H2,1-3H3/b19-17-/t18-/m1/s1. The van der Waals surface area contributed by atoms with E-state index in [1.165, 1.54) is 12.0 Å². The minimum Gasteiger partial charge on any atom is -0.507 e. The molecule has 3 rings (SSSR count). The Hall–Kier alpha value is -3.19. The number of ether oxygens (including phenoxy) is 1. The zero-order valence-corrected chi connectivity index (χ0v) is 16.1. The molecule has 0 radical (unpaired) electrons. The molecule has 0 bridgehead atoms. The Kier molecular flexibility index (Phi) is 5.75. The van der Waals surface area contributed by atoms with Crippen molar-refractivity contribution in [2.24, 2.45) is 0 Å². The van der Waals surface area contributed by atoms with Crippen LogP contribution < -0.4 is 4.74 Å². The fourth-order valence-corrected chi connectivity index (χ4v) is 3.19. The summed E-state index contributed by atoms with van der Waals surface area (Å²) < 4.78 is 5.20. The van der Waals surface area contributed by atoms with Gasteiger partial charge in [-0.1, -0.05) is 18.2 Å². The van der Waals surface area contributed by atoms with Gasteiger partial charge < -0.3 is 19.6 Å². The highest BCUT2D eigenvalue weighted by atomic mass is 16.5. The second-order valence-corrected chi connectivity index (χ2v) is 6.78. The predicted octanol–water partition coefficient (Wildman–Crippen LogP) is 2.07. The van der Waals surface area contributed by atoms with Crippen molar-refractivity contribution in [3.63, 3.8) is 0 Å². The van der Waals surface area contributed by atoms with E-state index < -0.39 is 17.7 Å².